The summed E-state index contributed by atoms with van der Waals surface area (Å²) in [5.41, 5.74) is -0.0753. The molecule has 0 aliphatic heterocycles. The molecular formula is C12H20O4. The Morgan fingerprint density at radius 3 is 2.25 bits per heavy atom. The smallest absolute Gasteiger partial charge is 0.303 e. The fourth-order valence-electron chi connectivity index (χ4n) is 1.37. The van der Waals surface area contributed by atoms with Crippen LogP contribution in [0.3, 0.4) is 0 Å². The minimum Gasteiger partial charge on any atom is -0.451 e. The molecule has 0 bridgehead atoms. The van der Waals surface area contributed by atoms with E-state index in [2.05, 4.69) is 0 Å². The highest BCUT2D eigenvalue weighted by atomic mass is 16.6. The van der Waals surface area contributed by atoms with Gasteiger partial charge in [-0.25, -0.2) is 0 Å². The summed E-state index contributed by atoms with van der Waals surface area (Å²) in [6.07, 6.45) is 2.99. The summed E-state index contributed by atoms with van der Waals surface area (Å²) in [4.78, 5) is 22.4. The summed E-state index contributed by atoms with van der Waals surface area (Å²) in [6, 6.07) is 0. The van der Waals surface area contributed by atoms with E-state index in [1.165, 1.54) is 13.8 Å². The number of aliphatic hydroxyl groups excluding tert-OH is 1. The molecule has 0 radical (unpaired) electrons. The van der Waals surface area contributed by atoms with Gasteiger partial charge in [0.2, 0.25) is 5.78 Å². The van der Waals surface area contributed by atoms with Crippen molar-refractivity contribution in [1.29, 1.82) is 0 Å². The molecule has 4 nitrogen and oxygen atoms in total. The van der Waals surface area contributed by atoms with Crippen molar-refractivity contribution in [1.82, 2.24) is 0 Å². The van der Waals surface area contributed by atoms with Crippen molar-refractivity contribution in [2.75, 3.05) is 6.61 Å². The fourth-order valence-corrected chi connectivity index (χ4v) is 1.37. The minimum atomic E-state index is -1.22. The second-order valence-corrected chi connectivity index (χ2v) is 4.23. The average Bonchev–Trinajstić information content (AvgIpc) is 2.14. The van der Waals surface area contributed by atoms with E-state index in [0.29, 0.717) is 12.8 Å². The largest absolute Gasteiger partial charge is 0.451 e. The highest BCUT2D eigenvalue weighted by molar-refractivity contribution is 5.89. The van der Waals surface area contributed by atoms with Gasteiger partial charge < -0.3 is 9.84 Å². The average molecular weight is 228 g/mol. The number of hydrogen-bond acceptors (Lipinski definition) is 4. The Kier molecular flexibility index (Phi) is 5.96. The van der Waals surface area contributed by atoms with Crippen LogP contribution in [-0.2, 0) is 14.3 Å². The molecule has 0 saturated carbocycles. The fraction of sp³-hybridized carbons (Fsp3) is 0.667. The molecule has 0 heterocycles. The SMILES string of the molecule is CC(=O)O[C@@](C)(CCC=C(C)C)C(=O)CO. The third kappa shape index (κ3) is 5.07. The number of aliphatic hydroxyl groups is 1. The van der Waals surface area contributed by atoms with Gasteiger partial charge in [0, 0.05) is 6.92 Å². The number of carbonyl (C=O) groups excluding carboxylic acids is 2. The summed E-state index contributed by atoms with van der Waals surface area (Å²) in [6.45, 7) is 6.09. The Labute approximate surface area is 96.3 Å². The Morgan fingerprint density at radius 2 is 1.88 bits per heavy atom. The summed E-state index contributed by atoms with van der Waals surface area (Å²) in [5, 5.41) is 8.84. The molecule has 92 valence electrons. The van der Waals surface area contributed by atoms with Crippen LogP contribution < -0.4 is 0 Å². The Morgan fingerprint density at radius 1 is 1.31 bits per heavy atom. The summed E-state index contributed by atoms with van der Waals surface area (Å²) >= 11 is 0. The van der Waals surface area contributed by atoms with E-state index >= 15 is 0 Å². The maximum absolute atomic E-state index is 11.5. The number of carbonyl (C=O) groups is 2. The lowest BCUT2D eigenvalue weighted by Gasteiger charge is -2.26. The van der Waals surface area contributed by atoms with Gasteiger partial charge in [0.25, 0.3) is 0 Å². The number of hydrogen-bond donors (Lipinski definition) is 1. The van der Waals surface area contributed by atoms with Crippen LogP contribution in [0.15, 0.2) is 11.6 Å². The maximum Gasteiger partial charge on any atom is 0.303 e. The van der Waals surface area contributed by atoms with Gasteiger partial charge in [-0.1, -0.05) is 11.6 Å². The lowest BCUT2D eigenvalue weighted by Crippen LogP contribution is -2.41. The molecule has 0 aliphatic rings. The monoisotopic (exact) mass is 228 g/mol. The number of Topliss-reactive ketones (excluding diaryl/α,β-unsaturated/α-hetero) is 1. The molecule has 0 aromatic rings. The zero-order chi connectivity index (χ0) is 12.8. The van der Waals surface area contributed by atoms with Crippen molar-refractivity contribution in [3.8, 4) is 0 Å². The summed E-state index contributed by atoms with van der Waals surface area (Å²) < 4.78 is 4.99. The number of ketones is 1. The van der Waals surface area contributed by atoms with Crippen molar-refractivity contribution in [2.24, 2.45) is 0 Å². The zero-order valence-corrected chi connectivity index (χ0v) is 10.4. The van der Waals surface area contributed by atoms with Crippen LogP contribution in [0, 0.1) is 0 Å². The Hall–Kier alpha value is -1.16. The van der Waals surface area contributed by atoms with Crippen LogP contribution in [0.2, 0.25) is 0 Å². The topological polar surface area (TPSA) is 63.6 Å². The van der Waals surface area contributed by atoms with Crippen molar-refractivity contribution >= 4 is 11.8 Å². The van der Waals surface area contributed by atoms with Crippen molar-refractivity contribution in [3.05, 3.63) is 11.6 Å². The van der Waals surface area contributed by atoms with Gasteiger partial charge in [-0.15, -0.1) is 0 Å². The van der Waals surface area contributed by atoms with E-state index in [0.717, 1.165) is 5.57 Å². The highest BCUT2D eigenvalue weighted by Gasteiger charge is 2.34. The van der Waals surface area contributed by atoms with Crippen LogP contribution in [0.4, 0.5) is 0 Å². The molecule has 0 spiro atoms. The maximum atomic E-state index is 11.5. The first-order valence-corrected chi connectivity index (χ1v) is 5.29. The lowest BCUT2D eigenvalue weighted by molar-refractivity contribution is -0.165. The van der Waals surface area contributed by atoms with E-state index in [4.69, 9.17) is 9.84 Å². The molecule has 1 N–H and O–H groups in total. The third-order valence-corrected chi connectivity index (χ3v) is 2.28. The van der Waals surface area contributed by atoms with Gasteiger partial charge in [0.15, 0.2) is 5.60 Å². The molecule has 4 heteroatoms. The van der Waals surface area contributed by atoms with Crippen LogP contribution in [-0.4, -0.2) is 29.1 Å². The van der Waals surface area contributed by atoms with Gasteiger partial charge in [-0.3, -0.25) is 9.59 Å². The Bertz CT molecular complexity index is 289. The molecule has 0 aromatic carbocycles. The predicted octanol–water partition coefficient (Wildman–Crippen LogP) is 1.62. The molecule has 0 aromatic heterocycles. The van der Waals surface area contributed by atoms with Gasteiger partial charge in [0.05, 0.1) is 0 Å². The summed E-state index contributed by atoms with van der Waals surface area (Å²) in [5.74, 6) is -0.980. The third-order valence-electron chi connectivity index (χ3n) is 2.28. The quantitative estimate of drug-likeness (QED) is 0.554. The van der Waals surface area contributed by atoms with Crippen LogP contribution in [0.25, 0.3) is 0 Å². The molecule has 0 unspecified atom stereocenters. The van der Waals surface area contributed by atoms with Crippen LogP contribution in [0.1, 0.15) is 40.5 Å². The Balaban J connectivity index is 4.60. The van der Waals surface area contributed by atoms with Gasteiger partial charge in [-0.2, -0.15) is 0 Å². The van der Waals surface area contributed by atoms with Gasteiger partial charge in [-0.05, 0) is 33.6 Å². The van der Waals surface area contributed by atoms with E-state index in [-0.39, 0.29) is 0 Å². The van der Waals surface area contributed by atoms with Gasteiger partial charge in [0.1, 0.15) is 6.61 Å². The molecule has 16 heavy (non-hydrogen) atoms. The van der Waals surface area contributed by atoms with Crippen LogP contribution in [0.5, 0.6) is 0 Å². The normalized spacial score (nSPS) is 13.8. The van der Waals surface area contributed by atoms with E-state index in [9.17, 15) is 9.59 Å². The minimum absolute atomic E-state index is 0.386. The standard InChI is InChI=1S/C12H20O4/c1-9(2)6-5-7-12(4,11(15)8-13)16-10(3)14/h6,13H,5,7-8H2,1-4H3/t12-/m0/s1. The first kappa shape index (κ1) is 14.8. The molecule has 0 fully saturated rings. The van der Waals surface area contributed by atoms with Gasteiger partial charge >= 0.3 is 5.97 Å². The molecule has 0 aliphatic carbocycles. The number of allylic oxidation sites excluding steroid dienone is 2. The second kappa shape index (κ2) is 6.43. The van der Waals surface area contributed by atoms with Crippen molar-refractivity contribution < 1.29 is 19.4 Å². The highest BCUT2D eigenvalue weighted by Crippen LogP contribution is 2.20. The second-order valence-electron chi connectivity index (χ2n) is 4.23. The first-order valence-electron chi connectivity index (χ1n) is 5.29. The first-order chi connectivity index (χ1) is 7.31. The molecule has 0 saturated heterocycles. The van der Waals surface area contributed by atoms with E-state index in [1.807, 2.05) is 19.9 Å². The lowest BCUT2D eigenvalue weighted by atomic mass is 9.94. The molecule has 1 atom stereocenters. The molecule has 0 amide bonds. The number of rotatable bonds is 6. The molecular weight excluding hydrogens is 208 g/mol. The number of esters is 1. The summed E-state index contributed by atoms with van der Waals surface area (Å²) in [7, 11) is 0. The molecule has 0 rings (SSSR count). The van der Waals surface area contributed by atoms with E-state index < -0.39 is 24.0 Å². The van der Waals surface area contributed by atoms with E-state index in [1.54, 1.807) is 0 Å². The number of ether oxygens (including phenoxy) is 1. The van der Waals surface area contributed by atoms with Crippen molar-refractivity contribution in [3.63, 3.8) is 0 Å². The van der Waals surface area contributed by atoms with Crippen molar-refractivity contribution in [2.45, 2.75) is 46.1 Å². The predicted molar refractivity (Wildman–Crippen MR) is 60.9 cm³/mol. The van der Waals surface area contributed by atoms with Crippen LogP contribution >= 0.6 is 0 Å². The zero-order valence-electron chi connectivity index (χ0n) is 10.4.